The highest BCUT2D eigenvalue weighted by atomic mass is 19.4. The fourth-order valence-corrected chi connectivity index (χ4v) is 2.48. The Balaban J connectivity index is 2.72. The Kier molecular flexibility index (Phi) is 8.39. The van der Waals surface area contributed by atoms with Crippen LogP contribution >= 0.6 is 0 Å². The van der Waals surface area contributed by atoms with Gasteiger partial charge in [0.25, 0.3) is 0 Å². The predicted molar refractivity (Wildman–Crippen MR) is 80.2 cm³/mol. The van der Waals surface area contributed by atoms with E-state index in [-0.39, 0.29) is 25.9 Å². The van der Waals surface area contributed by atoms with Gasteiger partial charge in [0.1, 0.15) is 5.67 Å². The molecule has 0 aliphatic heterocycles. The summed E-state index contributed by atoms with van der Waals surface area (Å²) in [5.41, 5.74) is -3.93. The van der Waals surface area contributed by atoms with Crippen LogP contribution in [-0.2, 0) is 14.2 Å². The molecule has 0 fully saturated rings. The van der Waals surface area contributed by atoms with Crippen molar-refractivity contribution in [2.75, 3.05) is 40.1 Å². The Morgan fingerprint density at radius 2 is 1.41 bits per heavy atom. The summed E-state index contributed by atoms with van der Waals surface area (Å²) < 4.78 is 146. The van der Waals surface area contributed by atoms with Crippen molar-refractivity contribution in [2.24, 2.45) is 0 Å². The van der Waals surface area contributed by atoms with Gasteiger partial charge in [-0.05, 0) is 12.8 Å². The summed E-state index contributed by atoms with van der Waals surface area (Å²) in [5.74, 6) is -19.5. The van der Waals surface area contributed by atoms with E-state index in [0.29, 0.717) is 6.61 Å². The first-order valence-electron chi connectivity index (χ1n) is 8.35. The average Bonchev–Trinajstić information content (AvgIpc) is 2.60. The van der Waals surface area contributed by atoms with E-state index in [9.17, 15) is 43.9 Å². The molecule has 3 nitrogen and oxygen atoms in total. The van der Waals surface area contributed by atoms with Crippen LogP contribution in [0.1, 0.15) is 19.3 Å². The molecule has 0 aromatic heterocycles. The lowest BCUT2D eigenvalue weighted by molar-refractivity contribution is -0.390. The SMILES string of the molecule is COCCOCCOCC1(F)CC=C(C(F)(F)C(F)(F)C(F)(F)C(F)(F)F)CC1. The third-order valence-corrected chi connectivity index (χ3v) is 4.27. The minimum absolute atomic E-state index is 0.0668. The van der Waals surface area contributed by atoms with Gasteiger partial charge in [0.2, 0.25) is 0 Å². The van der Waals surface area contributed by atoms with Gasteiger partial charge in [-0.3, -0.25) is 0 Å². The van der Waals surface area contributed by atoms with Crippen LogP contribution in [0, 0.1) is 0 Å². The molecule has 0 heterocycles. The smallest absolute Gasteiger partial charge is 0.382 e. The fraction of sp³-hybridized carbons (Fsp3) is 0.875. The molecule has 1 aliphatic rings. The quantitative estimate of drug-likeness (QED) is 0.253. The normalized spacial score (nSPS) is 22.0. The number of halogens is 10. The van der Waals surface area contributed by atoms with E-state index >= 15 is 0 Å². The molecule has 0 saturated heterocycles. The van der Waals surface area contributed by atoms with Gasteiger partial charge < -0.3 is 14.2 Å². The molecular weight excluding hydrogens is 430 g/mol. The molecule has 0 amide bonds. The minimum atomic E-state index is -6.97. The van der Waals surface area contributed by atoms with E-state index in [1.165, 1.54) is 7.11 Å². The molecule has 0 spiro atoms. The third-order valence-electron chi connectivity index (χ3n) is 4.27. The van der Waals surface area contributed by atoms with Crippen molar-refractivity contribution in [3.63, 3.8) is 0 Å². The third kappa shape index (κ3) is 5.75. The van der Waals surface area contributed by atoms with E-state index in [1.807, 2.05) is 0 Å². The number of rotatable bonds is 11. The maximum atomic E-state index is 14.5. The van der Waals surface area contributed by atoms with Crippen LogP contribution in [0.4, 0.5) is 43.9 Å². The molecule has 1 atom stereocenters. The molecule has 1 aliphatic carbocycles. The largest absolute Gasteiger partial charge is 0.460 e. The topological polar surface area (TPSA) is 27.7 Å². The molecule has 1 unspecified atom stereocenters. The van der Waals surface area contributed by atoms with Crippen molar-refractivity contribution < 1.29 is 58.1 Å². The molecule has 0 aromatic rings. The lowest BCUT2D eigenvalue weighted by Gasteiger charge is -2.37. The summed E-state index contributed by atoms with van der Waals surface area (Å²) in [6.45, 7) is -0.0636. The maximum Gasteiger partial charge on any atom is 0.460 e. The second kappa shape index (κ2) is 9.38. The standard InChI is InChI=1S/C16H20F10O3/c1-27-6-7-28-8-9-29-10-12(17)4-2-11(3-5-12)13(18,19)14(20,21)15(22,23)16(24,25)26/h2H,3-10H2,1H3. The monoisotopic (exact) mass is 450 g/mol. The first-order chi connectivity index (χ1) is 13.1. The fourth-order valence-electron chi connectivity index (χ4n) is 2.48. The molecular formula is C16H20F10O3. The van der Waals surface area contributed by atoms with E-state index < -0.39 is 61.1 Å². The first-order valence-corrected chi connectivity index (χ1v) is 8.35. The Morgan fingerprint density at radius 1 is 0.862 bits per heavy atom. The molecule has 0 aromatic carbocycles. The van der Waals surface area contributed by atoms with Gasteiger partial charge in [-0.25, -0.2) is 4.39 Å². The number of hydrogen-bond donors (Lipinski definition) is 0. The summed E-state index contributed by atoms with van der Waals surface area (Å²) in [4.78, 5) is 0. The molecule has 13 heteroatoms. The molecule has 0 radical (unpaired) electrons. The molecule has 1 rings (SSSR count). The molecule has 172 valence electrons. The zero-order valence-electron chi connectivity index (χ0n) is 15.2. The van der Waals surface area contributed by atoms with Crippen LogP contribution in [0.2, 0.25) is 0 Å². The number of allylic oxidation sites excluding steroid dienone is 2. The summed E-state index contributed by atoms with van der Waals surface area (Å²) >= 11 is 0. The molecule has 0 saturated carbocycles. The van der Waals surface area contributed by atoms with Gasteiger partial charge in [-0.15, -0.1) is 0 Å². The Bertz CT molecular complexity index is 562. The van der Waals surface area contributed by atoms with Gasteiger partial charge in [0.05, 0.1) is 33.0 Å². The Hall–Kier alpha value is -1.08. The van der Waals surface area contributed by atoms with Gasteiger partial charge in [0.15, 0.2) is 0 Å². The highest BCUT2D eigenvalue weighted by Gasteiger charge is 2.82. The van der Waals surface area contributed by atoms with Crippen LogP contribution in [0.25, 0.3) is 0 Å². The van der Waals surface area contributed by atoms with Gasteiger partial charge >= 0.3 is 23.9 Å². The van der Waals surface area contributed by atoms with E-state index in [1.54, 1.807) is 0 Å². The lowest BCUT2D eigenvalue weighted by Crippen LogP contribution is -2.61. The number of hydrogen-bond acceptors (Lipinski definition) is 3. The van der Waals surface area contributed by atoms with E-state index in [4.69, 9.17) is 14.2 Å². The lowest BCUT2D eigenvalue weighted by atomic mass is 9.82. The van der Waals surface area contributed by atoms with Crippen LogP contribution in [0.3, 0.4) is 0 Å². The molecule has 0 bridgehead atoms. The second-order valence-corrected chi connectivity index (χ2v) is 6.46. The van der Waals surface area contributed by atoms with Gasteiger partial charge in [0, 0.05) is 19.1 Å². The molecule has 0 N–H and O–H groups in total. The predicted octanol–water partition coefficient (Wildman–Crippen LogP) is 4.95. The summed E-state index contributed by atoms with van der Waals surface area (Å²) in [6.07, 6.45) is -9.52. The minimum Gasteiger partial charge on any atom is -0.382 e. The number of alkyl halides is 10. The van der Waals surface area contributed by atoms with Crippen LogP contribution < -0.4 is 0 Å². The first kappa shape index (κ1) is 26.0. The Labute approximate surface area is 160 Å². The van der Waals surface area contributed by atoms with Crippen molar-refractivity contribution in [3.8, 4) is 0 Å². The summed E-state index contributed by atoms with van der Waals surface area (Å²) in [6, 6.07) is 0. The van der Waals surface area contributed by atoms with Crippen molar-refractivity contribution in [1.82, 2.24) is 0 Å². The highest BCUT2D eigenvalue weighted by Crippen LogP contribution is 2.56. The Morgan fingerprint density at radius 3 is 1.90 bits per heavy atom. The van der Waals surface area contributed by atoms with Crippen LogP contribution in [0.5, 0.6) is 0 Å². The van der Waals surface area contributed by atoms with Crippen molar-refractivity contribution in [3.05, 3.63) is 11.6 Å². The van der Waals surface area contributed by atoms with E-state index in [0.717, 1.165) is 0 Å². The maximum absolute atomic E-state index is 14.5. The zero-order valence-corrected chi connectivity index (χ0v) is 15.2. The van der Waals surface area contributed by atoms with Crippen molar-refractivity contribution >= 4 is 0 Å². The second-order valence-electron chi connectivity index (χ2n) is 6.46. The van der Waals surface area contributed by atoms with Gasteiger partial charge in [-0.1, -0.05) is 6.08 Å². The van der Waals surface area contributed by atoms with Crippen molar-refractivity contribution in [2.45, 2.75) is 48.9 Å². The van der Waals surface area contributed by atoms with Crippen molar-refractivity contribution in [1.29, 1.82) is 0 Å². The zero-order chi connectivity index (χ0) is 22.6. The highest BCUT2D eigenvalue weighted by molar-refractivity contribution is 5.24. The summed E-state index contributed by atoms with van der Waals surface area (Å²) in [5, 5.41) is 0. The number of methoxy groups -OCH3 is 1. The van der Waals surface area contributed by atoms with Gasteiger partial charge in [-0.2, -0.15) is 39.5 Å². The number of ether oxygens (including phenoxy) is 3. The van der Waals surface area contributed by atoms with E-state index in [2.05, 4.69) is 0 Å². The molecule has 29 heavy (non-hydrogen) atoms. The average molecular weight is 450 g/mol. The summed E-state index contributed by atoms with van der Waals surface area (Å²) in [7, 11) is 1.45. The van der Waals surface area contributed by atoms with Crippen LogP contribution in [0.15, 0.2) is 11.6 Å². The van der Waals surface area contributed by atoms with Crippen LogP contribution in [-0.4, -0.2) is 69.8 Å².